The smallest absolute Gasteiger partial charge is 0.201 e. The first-order valence-corrected chi connectivity index (χ1v) is 4.38. The first-order valence-electron chi connectivity index (χ1n) is 4.38. The van der Waals surface area contributed by atoms with Gasteiger partial charge in [0.1, 0.15) is 17.3 Å². The maximum absolute atomic E-state index is 8.96. The summed E-state index contributed by atoms with van der Waals surface area (Å²) in [6, 6.07) is 5.52. The van der Waals surface area contributed by atoms with Crippen LogP contribution in [-0.4, -0.2) is 16.7 Å². The Morgan fingerprint density at radius 3 is 2.75 bits per heavy atom. The summed E-state index contributed by atoms with van der Waals surface area (Å²) in [5.41, 5.74) is 7.55. The van der Waals surface area contributed by atoms with Crippen molar-refractivity contribution < 1.29 is 4.74 Å². The summed E-state index contributed by atoms with van der Waals surface area (Å²) in [7, 11) is 3.33. The van der Waals surface area contributed by atoms with E-state index in [2.05, 4.69) is 11.1 Å². The number of halogens is 1. The zero-order chi connectivity index (χ0) is 11.0. The van der Waals surface area contributed by atoms with Crippen molar-refractivity contribution in [3.63, 3.8) is 0 Å². The topological polar surface area (TPSA) is 76.9 Å². The molecule has 0 unspecified atom stereocenters. The van der Waals surface area contributed by atoms with Gasteiger partial charge in [0.05, 0.1) is 18.2 Å². The molecule has 0 amide bonds. The van der Waals surface area contributed by atoms with Crippen LogP contribution in [0.15, 0.2) is 12.1 Å². The van der Waals surface area contributed by atoms with Crippen molar-refractivity contribution in [2.75, 3.05) is 12.8 Å². The lowest BCUT2D eigenvalue weighted by Gasteiger charge is -2.02. The normalized spacial score (nSPS) is 9.56. The fourth-order valence-corrected chi connectivity index (χ4v) is 1.57. The fraction of sp³-hybridized carbons (Fsp3) is 0.200. The second kappa shape index (κ2) is 4.29. The van der Waals surface area contributed by atoms with Crippen LogP contribution in [0.3, 0.4) is 0 Å². The molecule has 1 aromatic carbocycles. The zero-order valence-corrected chi connectivity index (χ0v) is 9.71. The van der Waals surface area contributed by atoms with Gasteiger partial charge in [-0.2, -0.15) is 5.26 Å². The molecule has 0 fully saturated rings. The Balaban J connectivity index is 0.00000128. The lowest BCUT2D eigenvalue weighted by molar-refractivity contribution is 0.419. The highest BCUT2D eigenvalue weighted by Gasteiger charge is 2.13. The van der Waals surface area contributed by atoms with Crippen molar-refractivity contribution in [2.45, 2.75) is 0 Å². The molecular formula is C10H11ClN4O. The third-order valence-corrected chi connectivity index (χ3v) is 2.36. The number of imidazole rings is 1. The summed E-state index contributed by atoms with van der Waals surface area (Å²) in [5.74, 6) is 0.988. The maximum Gasteiger partial charge on any atom is 0.201 e. The number of nitriles is 1. The van der Waals surface area contributed by atoms with Gasteiger partial charge in [-0.15, -0.1) is 12.4 Å². The molecule has 5 nitrogen and oxygen atoms in total. The number of ether oxygens (including phenoxy) is 1. The minimum Gasteiger partial charge on any atom is -0.494 e. The largest absolute Gasteiger partial charge is 0.494 e. The Bertz CT molecular complexity index is 570. The molecule has 84 valence electrons. The van der Waals surface area contributed by atoms with E-state index in [0.29, 0.717) is 28.3 Å². The molecule has 1 heterocycles. The first-order chi connectivity index (χ1) is 7.19. The van der Waals surface area contributed by atoms with Gasteiger partial charge in [0, 0.05) is 7.05 Å². The average Bonchev–Trinajstić information content (AvgIpc) is 2.55. The van der Waals surface area contributed by atoms with Gasteiger partial charge in [-0.25, -0.2) is 4.98 Å². The highest BCUT2D eigenvalue weighted by Crippen LogP contribution is 2.28. The standard InChI is InChI=1S/C10H10N4O.ClH/c1-14-9-6(5-11)3-4-7(15-2)8(9)13-10(14)12;/h3-4H,1-2H3,(H2,12,13);1H. The molecule has 2 N–H and O–H groups in total. The summed E-state index contributed by atoms with van der Waals surface area (Å²) < 4.78 is 6.83. The van der Waals surface area contributed by atoms with Gasteiger partial charge in [-0.3, -0.25) is 0 Å². The molecule has 0 aliphatic rings. The van der Waals surface area contributed by atoms with Gasteiger partial charge in [-0.05, 0) is 12.1 Å². The summed E-state index contributed by atoms with van der Waals surface area (Å²) in [6.07, 6.45) is 0. The van der Waals surface area contributed by atoms with E-state index in [1.54, 1.807) is 30.9 Å². The molecule has 0 spiro atoms. The molecule has 1 aromatic heterocycles. The minimum atomic E-state index is 0. The van der Waals surface area contributed by atoms with E-state index in [-0.39, 0.29) is 12.4 Å². The van der Waals surface area contributed by atoms with Crippen LogP contribution in [0, 0.1) is 11.3 Å². The van der Waals surface area contributed by atoms with Crippen molar-refractivity contribution in [2.24, 2.45) is 7.05 Å². The van der Waals surface area contributed by atoms with Gasteiger partial charge in [0.2, 0.25) is 5.95 Å². The zero-order valence-electron chi connectivity index (χ0n) is 8.89. The third kappa shape index (κ3) is 1.53. The van der Waals surface area contributed by atoms with E-state index in [1.165, 1.54) is 0 Å². The van der Waals surface area contributed by atoms with Crippen molar-refractivity contribution in [3.8, 4) is 11.8 Å². The van der Waals surface area contributed by atoms with E-state index in [4.69, 9.17) is 15.7 Å². The van der Waals surface area contributed by atoms with Crippen LogP contribution in [-0.2, 0) is 7.05 Å². The van der Waals surface area contributed by atoms with Crippen LogP contribution in [0.4, 0.5) is 5.95 Å². The van der Waals surface area contributed by atoms with Crippen LogP contribution in [0.2, 0.25) is 0 Å². The van der Waals surface area contributed by atoms with Crippen LogP contribution in [0.1, 0.15) is 5.56 Å². The summed E-state index contributed by atoms with van der Waals surface area (Å²) in [4.78, 5) is 4.16. The number of rotatable bonds is 1. The molecular weight excluding hydrogens is 228 g/mol. The fourth-order valence-electron chi connectivity index (χ4n) is 1.57. The number of fused-ring (bicyclic) bond motifs is 1. The van der Waals surface area contributed by atoms with Gasteiger partial charge < -0.3 is 15.0 Å². The second-order valence-corrected chi connectivity index (χ2v) is 3.15. The lowest BCUT2D eigenvalue weighted by Crippen LogP contribution is -1.97. The monoisotopic (exact) mass is 238 g/mol. The number of aryl methyl sites for hydroxylation is 1. The number of methoxy groups -OCH3 is 1. The molecule has 0 radical (unpaired) electrons. The summed E-state index contributed by atoms with van der Waals surface area (Å²) in [5, 5.41) is 8.96. The number of hydrogen-bond acceptors (Lipinski definition) is 4. The Kier molecular flexibility index (Phi) is 3.25. The lowest BCUT2D eigenvalue weighted by atomic mass is 10.2. The molecule has 2 rings (SSSR count). The number of nitrogens with two attached hydrogens (primary N) is 1. The molecule has 0 atom stereocenters. The number of nitrogens with zero attached hydrogens (tertiary/aromatic N) is 3. The molecule has 0 aliphatic heterocycles. The SMILES string of the molecule is COc1ccc(C#N)c2c1nc(N)n2C.Cl. The van der Waals surface area contributed by atoms with Gasteiger partial charge in [0.15, 0.2) is 0 Å². The highest BCUT2D eigenvalue weighted by molar-refractivity contribution is 5.89. The Morgan fingerprint density at radius 1 is 1.50 bits per heavy atom. The van der Waals surface area contributed by atoms with E-state index in [9.17, 15) is 0 Å². The summed E-state index contributed by atoms with van der Waals surface area (Å²) in [6.45, 7) is 0. The number of nitrogen functional groups attached to an aromatic ring is 1. The first kappa shape index (κ1) is 12.1. The van der Waals surface area contributed by atoms with Gasteiger partial charge in [0.25, 0.3) is 0 Å². The number of benzene rings is 1. The van der Waals surface area contributed by atoms with Gasteiger partial charge in [-0.1, -0.05) is 0 Å². The number of anilines is 1. The molecule has 0 saturated carbocycles. The Hall–Kier alpha value is -1.93. The van der Waals surface area contributed by atoms with E-state index in [0.717, 1.165) is 0 Å². The number of aromatic nitrogens is 2. The maximum atomic E-state index is 8.96. The third-order valence-electron chi connectivity index (χ3n) is 2.36. The van der Waals surface area contributed by atoms with Crippen LogP contribution < -0.4 is 10.5 Å². The molecule has 0 bridgehead atoms. The quantitative estimate of drug-likeness (QED) is 0.816. The summed E-state index contributed by atoms with van der Waals surface area (Å²) >= 11 is 0. The van der Waals surface area contributed by atoms with Crippen molar-refractivity contribution in [3.05, 3.63) is 17.7 Å². The molecule has 0 saturated heterocycles. The van der Waals surface area contributed by atoms with Crippen LogP contribution in [0.25, 0.3) is 11.0 Å². The Labute approximate surface area is 98.8 Å². The van der Waals surface area contributed by atoms with Crippen LogP contribution in [0.5, 0.6) is 5.75 Å². The van der Waals surface area contributed by atoms with E-state index >= 15 is 0 Å². The predicted molar refractivity (Wildman–Crippen MR) is 63.6 cm³/mol. The minimum absolute atomic E-state index is 0. The van der Waals surface area contributed by atoms with Crippen molar-refractivity contribution >= 4 is 29.4 Å². The van der Waals surface area contributed by atoms with Crippen LogP contribution >= 0.6 is 12.4 Å². The molecule has 16 heavy (non-hydrogen) atoms. The van der Waals surface area contributed by atoms with Gasteiger partial charge >= 0.3 is 0 Å². The van der Waals surface area contributed by atoms with Crippen molar-refractivity contribution in [1.29, 1.82) is 5.26 Å². The molecule has 0 aliphatic carbocycles. The molecule has 6 heteroatoms. The second-order valence-electron chi connectivity index (χ2n) is 3.15. The predicted octanol–water partition coefficient (Wildman–Crippen LogP) is 1.46. The Morgan fingerprint density at radius 2 is 2.19 bits per heavy atom. The molecule has 2 aromatic rings. The highest BCUT2D eigenvalue weighted by atomic mass is 35.5. The van der Waals surface area contributed by atoms with Crippen molar-refractivity contribution in [1.82, 2.24) is 9.55 Å². The average molecular weight is 239 g/mol. The van der Waals surface area contributed by atoms with E-state index in [1.807, 2.05) is 0 Å². The number of hydrogen-bond donors (Lipinski definition) is 1. The van der Waals surface area contributed by atoms with E-state index < -0.39 is 0 Å².